The van der Waals surface area contributed by atoms with Crippen molar-refractivity contribution >= 4 is 11.6 Å². The van der Waals surface area contributed by atoms with Crippen LogP contribution in [0.1, 0.15) is 25.4 Å². The Hall–Kier alpha value is -1.40. The third-order valence-electron chi connectivity index (χ3n) is 2.78. The van der Waals surface area contributed by atoms with Crippen molar-refractivity contribution in [3.63, 3.8) is 0 Å². The van der Waals surface area contributed by atoms with Crippen LogP contribution in [0, 0.1) is 5.92 Å². The summed E-state index contributed by atoms with van der Waals surface area (Å²) in [5, 5.41) is 12.2. The van der Waals surface area contributed by atoms with Crippen molar-refractivity contribution in [2.45, 2.75) is 26.9 Å². The molecule has 6 nitrogen and oxygen atoms in total. The minimum atomic E-state index is 0.570. The molecule has 0 aromatic carbocycles. The average Bonchev–Trinajstić information content (AvgIpc) is 2.91. The van der Waals surface area contributed by atoms with Crippen molar-refractivity contribution in [3.8, 4) is 0 Å². The highest BCUT2D eigenvalue weighted by Crippen LogP contribution is 2.09. The van der Waals surface area contributed by atoms with E-state index in [-0.39, 0.29) is 0 Å². The van der Waals surface area contributed by atoms with Gasteiger partial charge in [-0.25, -0.2) is 9.67 Å². The van der Waals surface area contributed by atoms with Crippen LogP contribution in [0.4, 0.5) is 0 Å². The van der Waals surface area contributed by atoms with Crippen molar-refractivity contribution in [2.24, 2.45) is 13.0 Å². The molecule has 0 amide bonds. The van der Waals surface area contributed by atoms with Crippen LogP contribution in [-0.4, -0.2) is 31.1 Å². The third-order valence-corrected chi connectivity index (χ3v) is 3.13. The minimum absolute atomic E-state index is 0.570. The molecule has 0 fully saturated rings. The van der Waals surface area contributed by atoms with E-state index in [9.17, 15) is 0 Å². The zero-order chi connectivity index (χ0) is 13.8. The molecule has 19 heavy (non-hydrogen) atoms. The number of hydrogen-bond acceptors (Lipinski definition) is 4. The Morgan fingerprint density at radius 2 is 2.21 bits per heavy atom. The molecule has 0 saturated heterocycles. The van der Waals surface area contributed by atoms with E-state index in [4.69, 9.17) is 11.6 Å². The number of rotatable bonds is 6. The molecule has 0 saturated carbocycles. The lowest BCUT2D eigenvalue weighted by atomic mass is 10.2. The Morgan fingerprint density at radius 3 is 2.84 bits per heavy atom. The van der Waals surface area contributed by atoms with Crippen LogP contribution < -0.4 is 5.32 Å². The van der Waals surface area contributed by atoms with Crippen LogP contribution in [-0.2, 0) is 20.1 Å². The second kappa shape index (κ2) is 6.16. The maximum Gasteiger partial charge on any atom is 0.131 e. The molecule has 2 aromatic rings. The van der Waals surface area contributed by atoms with Gasteiger partial charge >= 0.3 is 0 Å². The number of aromatic nitrogens is 5. The van der Waals surface area contributed by atoms with E-state index in [1.54, 1.807) is 10.9 Å². The summed E-state index contributed by atoms with van der Waals surface area (Å²) in [5.41, 5.74) is 0.931. The van der Waals surface area contributed by atoms with Crippen molar-refractivity contribution in [1.82, 2.24) is 29.9 Å². The Kier molecular flexibility index (Phi) is 4.55. The highest BCUT2D eigenvalue weighted by Gasteiger charge is 2.07. The lowest BCUT2D eigenvalue weighted by molar-refractivity contribution is 0.548. The minimum Gasteiger partial charge on any atom is -0.321 e. The standard InChI is InChI=1S/C12H19ClN6/c1-9(2)4-14-5-10-7-19(17-16-10)8-12-15-6-11(13)18(12)3/h6-7,9,14H,4-5,8H2,1-3H3. The number of imidazole rings is 1. The summed E-state index contributed by atoms with van der Waals surface area (Å²) in [6.45, 7) is 6.63. The Labute approximate surface area is 117 Å². The van der Waals surface area contributed by atoms with E-state index >= 15 is 0 Å². The van der Waals surface area contributed by atoms with Crippen LogP contribution in [0.15, 0.2) is 12.4 Å². The predicted molar refractivity (Wildman–Crippen MR) is 73.9 cm³/mol. The quantitative estimate of drug-likeness (QED) is 0.871. The van der Waals surface area contributed by atoms with Crippen LogP contribution in [0.5, 0.6) is 0 Å². The molecule has 0 atom stereocenters. The summed E-state index contributed by atoms with van der Waals surface area (Å²) >= 11 is 5.94. The highest BCUT2D eigenvalue weighted by molar-refractivity contribution is 6.29. The van der Waals surface area contributed by atoms with Gasteiger partial charge in [0.2, 0.25) is 0 Å². The van der Waals surface area contributed by atoms with E-state index in [1.807, 2.05) is 17.8 Å². The van der Waals surface area contributed by atoms with E-state index < -0.39 is 0 Å². The van der Waals surface area contributed by atoms with Gasteiger partial charge in [-0.1, -0.05) is 30.7 Å². The fourth-order valence-electron chi connectivity index (χ4n) is 1.70. The second-order valence-electron chi connectivity index (χ2n) is 4.99. The molecule has 0 aliphatic heterocycles. The van der Waals surface area contributed by atoms with Gasteiger partial charge in [-0.3, -0.25) is 0 Å². The van der Waals surface area contributed by atoms with Crippen LogP contribution in [0.3, 0.4) is 0 Å². The first-order valence-corrected chi connectivity index (χ1v) is 6.70. The molecule has 0 spiro atoms. The Balaban J connectivity index is 1.92. The van der Waals surface area contributed by atoms with Gasteiger partial charge in [-0.2, -0.15) is 0 Å². The van der Waals surface area contributed by atoms with Gasteiger partial charge in [0, 0.05) is 13.6 Å². The summed E-state index contributed by atoms with van der Waals surface area (Å²) in [4.78, 5) is 4.23. The lowest BCUT2D eigenvalue weighted by Gasteiger charge is -2.04. The molecule has 0 radical (unpaired) electrons. The van der Waals surface area contributed by atoms with Gasteiger partial charge in [0.15, 0.2) is 0 Å². The first kappa shape index (κ1) is 14.0. The number of halogens is 1. The fraction of sp³-hybridized carbons (Fsp3) is 0.583. The van der Waals surface area contributed by atoms with Crippen molar-refractivity contribution in [2.75, 3.05) is 6.54 Å². The Bertz CT molecular complexity index is 530. The molecule has 2 aromatic heterocycles. The number of nitrogens with zero attached hydrogens (tertiary/aromatic N) is 5. The predicted octanol–water partition coefficient (Wildman–Crippen LogP) is 1.46. The fourth-order valence-corrected chi connectivity index (χ4v) is 1.85. The highest BCUT2D eigenvalue weighted by atomic mass is 35.5. The monoisotopic (exact) mass is 282 g/mol. The van der Waals surface area contributed by atoms with Crippen LogP contribution in [0.25, 0.3) is 0 Å². The lowest BCUT2D eigenvalue weighted by Crippen LogP contribution is -2.19. The van der Waals surface area contributed by atoms with Gasteiger partial charge in [0.1, 0.15) is 17.5 Å². The molecule has 0 aliphatic rings. The molecule has 104 valence electrons. The zero-order valence-electron chi connectivity index (χ0n) is 11.5. The third kappa shape index (κ3) is 3.78. The van der Waals surface area contributed by atoms with Crippen molar-refractivity contribution in [1.29, 1.82) is 0 Å². The Morgan fingerprint density at radius 1 is 1.42 bits per heavy atom. The molecule has 2 heterocycles. The average molecular weight is 283 g/mol. The molecule has 1 N–H and O–H groups in total. The van der Waals surface area contributed by atoms with Crippen molar-refractivity contribution < 1.29 is 0 Å². The molecule has 0 bridgehead atoms. The molecule has 0 aliphatic carbocycles. The largest absolute Gasteiger partial charge is 0.321 e. The summed E-state index contributed by atoms with van der Waals surface area (Å²) in [5.74, 6) is 1.49. The van der Waals surface area contributed by atoms with Gasteiger partial charge in [0.05, 0.1) is 18.1 Å². The van der Waals surface area contributed by atoms with Crippen LogP contribution in [0.2, 0.25) is 5.15 Å². The molecule has 7 heteroatoms. The van der Waals surface area contributed by atoms with Gasteiger partial charge in [-0.15, -0.1) is 5.10 Å². The summed E-state index contributed by atoms with van der Waals surface area (Å²) < 4.78 is 3.60. The first-order valence-electron chi connectivity index (χ1n) is 6.32. The summed E-state index contributed by atoms with van der Waals surface area (Å²) in [7, 11) is 1.88. The molecule has 2 rings (SSSR count). The molecule has 0 unspecified atom stereocenters. The first-order chi connectivity index (χ1) is 9.06. The second-order valence-corrected chi connectivity index (χ2v) is 5.38. The maximum atomic E-state index is 5.94. The van der Waals surface area contributed by atoms with Gasteiger partial charge < -0.3 is 9.88 Å². The van der Waals surface area contributed by atoms with E-state index in [0.29, 0.717) is 17.6 Å². The normalized spacial score (nSPS) is 11.4. The molecular weight excluding hydrogens is 264 g/mol. The summed E-state index contributed by atoms with van der Waals surface area (Å²) in [6, 6.07) is 0. The topological polar surface area (TPSA) is 60.6 Å². The van der Waals surface area contributed by atoms with E-state index in [0.717, 1.165) is 24.6 Å². The van der Waals surface area contributed by atoms with E-state index in [2.05, 4.69) is 34.5 Å². The molecular formula is C12H19ClN6. The zero-order valence-corrected chi connectivity index (χ0v) is 12.2. The smallest absolute Gasteiger partial charge is 0.131 e. The number of nitrogens with one attached hydrogen (secondary N) is 1. The van der Waals surface area contributed by atoms with Gasteiger partial charge in [0.25, 0.3) is 0 Å². The maximum absolute atomic E-state index is 5.94. The van der Waals surface area contributed by atoms with E-state index in [1.165, 1.54) is 0 Å². The summed E-state index contributed by atoms with van der Waals surface area (Å²) in [6.07, 6.45) is 3.56. The van der Waals surface area contributed by atoms with Gasteiger partial charge in [-0.05, 0) is 12.5 Å². The SMILES string of the molecule is CC(C)CNCc1cn(Cc2ncc(Cl)n2C)nn1. The number of hydrogen-bond donors (Lipinski definition) is 1. The van der Waals surface area contributed by atoms with Crippen LogP contribution >= 0.6 is 11.6 Å². The van der Waals surface area contributed by atoms with Crippen molar-refractivity contribution in [3.05, 3.63) is 29.1 Å².